The molecule has 0 bridgehead atoms. The number of piperidine rings is 1. The van der Waals surface area contributed by atoms with Gasteiger partial charge in [0.05, 0.1) is 0 Å². The summed E-state index contributed by atoms with van der Waals surface area (Å²) in [6.07, 6.45) is 1.08. The van der Waals surface area contributed by atoms with Crippen LogP contribution in [0, 0.1) is 5.92 Å². The lowest BCUT2D eigenvalue weighted by molar-refractivity contribution is 0.206. The molecule has 0 amide bonds. The predicted molar refractivity (Wildman–Crippen MR) is 77.7 cm³/mol. The number of nitrogens with one attached hydrogen (secondary N) is 2. The quantitative estimate of drug-likeness (QED) is 0.877. The first-order chi connectivity index (χ1) is 9.08. The molecule has 1 aliphatic rings. The van der Waals surface area contributed by atoms with Crippen molar-refractivity contribution in [1.29, 1.82) is 0 Å². The fourth-order valence-electron chi connectivity index (χ4n) is 2.39. The van der Waals surface area contributed by atoms with Crippen LogP contribution < -0.4 is 10.6 Å². The van der Waals surface area contributed by atoms with Crippen LogP contribution in [0.2, 0.25) is 5.28 Å². The number of likely N-dealkylation sites (tertiary alicyclic amines) is 1. The van der Waals surface area contributed by atoms with Gasteiger partial charge in [-0.15, -0.1) is 0 Å². The molecule has 2 unspecified atom stereocenters. The minimum absolute atomic E-state index is 0.217. The molecule has 2 rings (SSSR count). The van der Waals surface area contributed by atoms with Crippen molar-refractivity contribution in [2.45, 2.75) is 26.3 Å². The number of rotatable bonds is 4. The van der Waals surface area contributed by atoms with Gasteiger partial charge in [0.15, 0.2) is 0 Å². The van der Waals surface area contributed by atoms with E-state index in [1.165, 1.54) is 0 Å². The average Bonchev–Trinajstić information content (AvgIpc) is 2.32. The van der Waals surface area contributed by atoms with Crippen molar-refractivity contribution >= 4 is 23.5 Å². The molecule has 7 heteroatoms. The van der Waals surface area contributed by atoms with Crippen LogP contribution in [-0.4, -0.2) is 52.6 Å². The first-order valence-corrected chi connectivity index (χ1v) is 7.06. The number of aromatic nitrogens is 3. The van der Waals surface area contributed by atoms with Gasteiger partial charge in [-0.2, -0.15) is 15.0 Å². The van der Waals surface area contributed by atoms with Crippen molar-refractivity contribution in [3.05, 3.63) is 5.28 Å². The fourth-order valence-corrected chi connectivity index (χ4v) is 2.55. The topological polar surface area (TPSA) is 66.0 Å². The summed E-state index contributed by atoms with van der Waals surface area (Å²) in [5, 5.41) is 6.64. The standard InChI is InChI=1S/C12H21ClN6/c1-4-14-11-16-10(13)17-12(18-11)15-9-5-6-19(3)7-8(9)2/h8-9H,4-7H2,1-3H3,(H2,14,15,16,17,18). The van der Waals surface area contributed by atoms with Crippen LogP contribution in [-0.2, 0) is 0 Å². The van der Waals surface area contributed by atoms with Crippen LogP contribution in [0.3, 0.4) is 0 Å². The fraction of sp³-hybridized carbons (Fsp3) is 0.750. The van der Waals surface area contributed by atoms with Gasteiger partial charge in [-0.25, -0.2) is 0 Å². The van der Waals surface area contributed by atoms with Crippen LogP contribution in [0.5, 0.6) is 0 Å². The Morgan fingerprint density at radius 3 is 2.74 bits per heavy atom. The SMILES string of the molecule is CCNc1nc(Cl)nc(NC2CCN(C)CC2C)n1. The van der Waals surface area contributed by atoms with Crippen molar-refractivity contribution < 1.29 is 0 Å². The van der Waals surface area contributed by atoms with E-state index in [1.807, 2.05) is 6.92 Å². The molecule has 1 aromatic rings. The Bertz CT molecular complexity index is 427. The molecule has 19 heavy (non-hydrogen) atoms. The molecule has 2 heterocycles. The van der Waals surface area contributed by atoms with Gasteiger partial charge in [0, 0.05) is 19.1 Å². The summed E-state index contributed by atoms with van der Waals surface area (Å²) in [5.74, 6) is 1.62. The molecule has 0 spiro atoms. The normalized spacial score (nSPS) is 24.2. The molecule has 0 aromatic carbocycles. The summed E-state index contributed by atoms with van der Waals surface area (Å²) in [6, 6.07) is 0.379. The van der Waals surface area contributed by atoms with E-state index < -0.39 is 0 Å². The summed E-state index contributed by atoms with van der Waals surface area (Å²) >= 11 is 5.91. The molecule has 0 radical (unpaired) electrons. The predicted octanol–water partition coefficient (Wildman–Crippen LogP) is 1.71. The minimum atomic E-state index is 0.217. The van der Waals surface area contributed by atoms with Crippen molar-refractivity contribution in [3.8, 4) is 0 Å². The maximum Gasteiger partial charge on any atom is 0.229 e. The molecular weight excluding hydrogens is 264 g/mol. The van der Waals surface area contributed by atoms with Gasteiger partial charge in [-0.3, -0.25) is 0 Å². The minimum Gasteiger partial charge on any atom is -0.354 e. The maximum atomic E-state index is 5.91. The highest BCUT2D eigenvalue weighted by Crippen LogP contribution is 2.19. The summed E-state index contributed by atoms with van der Waals surface area (Å²) in [7, 11) is 2.15. The summed E-state index contributed by atoms with van der Waals surface area (Å²) in [5.41, 5.74) is 0. The summed E-state index contributed by atoms with van der Waals surface area (Å²) < 4.78 is 0. The molecule has 0 saturated carbocycles. The highest BCUT2D eigenvalue weighted by Gasteiger charge is 2.24. The Labute approximate surface area is 119 Å². The zero-order valence-electron chi connectivity index (χ0n) is 11.6. The third-order valence-electron chi connectivity index (χ3n) is 3.37. The molecule has 2 N–H and O–H groups in total. The number of hydrogen-bond acceptors (Lipinski definition) is 6. The smallest absolute Gasteiger partial charge is 0.229 e. The Morgan fingerprint density at radius 2 is 2.05 bits per heavy atom. The van der Waals surface area contributed by atoms with Crippen molar-refractivity contribution in [1.82, 2.24) is 19.9 Å². The second kappa shape index (κ2) is 6.34. The first-order valence-electron chi connectivity index (χ1n) is 6.69. The third-order valence-corrected chi connectivity index (χ3v) is 3.53. The molecule has 1 aliphatic heterocycles. The highest BCUT2D eigenvalue weighted by atomic mass is 35.5. The third kappa shape index (κ3) is 3.91. The largest absolute Gasteiger partial charge is 0.354 e. The molecule has 6 nitrogen and oxygen atoms in total. The second-order valence-electron chi connectivity index (χ2n) is 5.06. The molecule has 1 aromatic heterocycles. The zero-order chi connectivity index (χ0) is 13.8. The Kier molecular flexibility index (Phi) is 4.76. The van der Waals surface area contributed by atoms with E-state index in [-0.39, 0.29) is 5.28 Å². The molecule has 1 fully saturated rings. The van der Waals surface area contributed by atoms with Gasteiger partial charge in [-0.1, -0.05) is 6.92 Å². The van der Waals surface area contributed by atoms with E-state index in [9.17, 15) is 0 Å². The van der Waals surface area contributed by atoms with Crippen molar-refractivity contribution in [2.24, 2.45) is 5.92 Å². The number of anilines is 2. The van der Waals surface area contributed by atoms with E-state index >= 15 is 0 Å². The number of hydrogen-bond donors (Lipinski definition) is 2. The second-order valence-corrected chi connectivity index (χ2v) is 5.40. The van der Waals surface area contributed by atoms with Crippen molar-refractivity contribution in [2.75, 3.05) is 37.3 Å². The van der Waals surface area contributed by atoms with Gasteiger partial charge in [0.2, 0.25) is 17.2 Å². The lowest BCUT2D eigenvalue weighted by atomic mass is 9.94. The molecular formula is C12H21ClN6. The highest BCUT2D eigenvalue weighted by molar-refractivity contribution is 6.28. The lowest BCUT2D eigenvalue weighted by Gasteiger charge is -2.35. The number of nitrogens with zero attached hydrogens (tertiary/aromatic N) is 4. The first kappa shape index (κ1) is 14.3. The van der Waals surface area contributed by atoms with Gasteiger partial charge < -0.3 is 15.5 Å². The van der Waals surface area contributed by atoms with Gasteiger partial charge >= 0.3 is 0 Å². The van der Waals surface area contributed by atoms with E-state index in [4.69, 9.17) is 11.6 Å². The van der Waals surface area contributed by atoms with Crippen LogP contribution in [0.25, 0.3) is 0 Å². The van der Waals surface area contributed by atoms with E-state index in [0.717, 1.165) is 26.1 Å². The summed E-state index contributed by atoms with van der Waals surface area (Å²) in [4.78, 5) is 14.8. The van der Waals surface area contributed by atoms with E-state index in [0.29, 0.717) is 23.9 Å². The Balaban J connectivity index is 2.05. The van der Waals surface area contributed by atoms with E-state index in [2.05, 4.69) is 44.5 Å². The van der Waals surface area contributed by atoms with Crippen molar-refractivity contribution in [3.63, 3.8) is 0 Å². The van der Waals surface area contributed by atoms with Crippen LogP contribution >= 0.6 is 11.6 Å². The monoisotopic (exact) mass is 284 g/mol. The zero-order valence-corrected chi connectivity index (χ0v) is 12.4. The van der Waals surface area contributed by atoms with Gasteiger partial charge in [0.1, 0.15) is 0 Å². The number of halogens is 1. The molecule has 1 saturated heterocycles. The lowest BCUT2D eigenvalue weighted by Crippen LogP contribution is -2.43. The molecule has 106 valence electrons. The van der Waals surface area contributed by atoms with Crippen LogP contribution in [0.1, 0.15) is 20.3 Å². The maximum absolute atomic E-state index is 5.91. The Morgan fingerprint density at radius 1 is 1.32 bits per heavy atom. The molecule has 0 aliphatic carbocycles. The molecule has 2 atom stereocenters. The van der Waals surface area contributed by atoms with Gasteiger partial charge in [-0.05, 0) is 44.5 Å². The average molecular weight is 285 g/mol. The summed E-state index contributed by atoms with van der Waals surface area (Å²) in [6.45, 7) is 7.15. The van der Waals surface area contributed by atoms with Crippen LogP contribution in [0.15, 0.2) is 0 Å². The van der Waals surface area contributed by atoms with Crippen LogP contribution in [0.4, 0.5) is 11.9 Å². The Hall–Kier alpha value is -1.14. The van der Waals surface area contributed by atoms with Gasteiger partial charge in [0.25, 0.3) is 0 Å². The van der Waals surface area contributed by atoms with E-state index in [1.54, 1.807) is 0 Å².